The highest BCUT2D eigenvalue weighted by Crippen LogP contribution is 2.29. The van der Waals surface area contributed by atoms with E-state index in [1.807, 2.05) is 32.9 Å². The first kappa shape index (κ1) is 22.3. The molecule has 10 nitrogen and oxygen atoms in total. The zero-order chi connectivity index (χ0) is 22.9. The molecule has 1 aliphatic rings. The van der Waals surface area contributed by atoms with Crippen molar-refractivity contribution in [1.29, 1.82) is 0 Å². The van der Waals surface area contributed by atoms with Gasteiger partial charge in [0.15, 0.2) is 17.4 Å². The molecule has 2 heterocycles. The van der Waals surface area contributed by atoms with E-state index < -0.39 is 16.1 Å². The monoisotopic (exact) mass is 447 g/mol. The van der Waals surface area contributed by atoms with Crippen LogP contribution in [0.4, 0.5) is 5.69 Å². The maximum absolute atomic E-state index is 12.3. The van der Waals surface area contributed by atoms with Crippen molar-refractivity contribution in [2.75, 3.05) is 19.4 Å². The molecule has 0 aliphatic carbocycles. The van der Waals surface area contributed by atoms with Gasteiger partial charge < -0.3 is 25.1 Å². The molecule has 0 bridgehead atoms. The fraction of sp³-hybridized carbons (Fsp3) is 0.350. The number of phenolic OH excluding ortho intramolecular Hbond substituents is 1. The average Bonchev–Trinajstić information content (AvgIpc) is 3.22. The molecule has 31 heavy (non-hydrogen) atoms. The number of nitrogens with zero attached hydrogens (tertiary/aromatic N) is 3. The minimum Gasteiger partial charge on any atom is -0.505 e. The van der Waals surface area contributed by atoms with Crippen LogP contribution < -0.4 is 10.6 Å². The molecule has 1 aliphatic heterocycles. The molecule has 0 saturated carbocycles. The molecule has 1 atom stereocenters. The second-order valence-corrected chi connectivity index (χ2v) is 8.93. The van der Waals surface area contributed by atoms with Gasteiger partial charge in [-0.15, -0.1) is 8.80 Å². The summed E-state index contributed by atoms with van der Waals surface area (Å²) in [6, 6.07) is 7.79. The van der Waals surface area contributed by atoms with E-state index in [0.717, 1.165) is 5.76 Å². The molecule has 0 fully saturated rings. The predicted molar refractivity (Wildman–Crippen MR) is 118 cm³/mol. The fourth-order valence-corrected chi connectivity index (χ4v) is 3.81. The number of nitrogens with one attached hydrogen (secondary N) is 2. The van der Waals surface area contributed by atoms with Crippen LogP contribution in [0.2, 0.25) is 0 Å². The summed E-state index contributed by atoms with van der Waals surface area (Å²) in [4.78, 5) is 13.6. The highest BCUT2D eigenvalue weighted by molar-refractivity contribution is 7.89. The Morgan fingerprint density at radius 1 is 1.13 bits per heavy atom. The SMILES string of the molecule is Cc1ccc([C@H](NC2=NS(=O)(=O)N=C2Nc2cccc(C(=O)N(C)C)c2O)C(C)C)o1. The van der Waals surface area contributed by atoms with Crippen LogP contribution in [0, 0.1) is 12.8 Å². The first-order valence-corrected chi connectivity index (χ1v) is 11.0. The standard InChI is InChI=1S/C20H25N5O5S/c1-11(2)16(15-10-9-12(3)30-15)22-19-18(23-31(28,29)24-19)21-14-8-6-7-13(17(14)26)20(27)25(4)5/h6-11,16,26H,1-5H3,(H,21,23)(H,22,24)/t16-/m1/s1. The van der Waals surface area contributed by atoms with E-state index in [0.29, 0.717) is 5.76 Å². The van der Waals surface area contributed by atoms with Crippen LogP contribution in [0.1, 0.15) is 41.8 Å². The Morgan fingerprint density at radius 2 is 1.81 bits per heavy atom. The molecule has 166 valence electrons. The lowest BCUT2D eigenvalue weighted by atomic mass is 10.0. The Labute approximate surface area is 180 Å². The molecule has 0 radical (unpaired) electrons. The molecule has 0 unspecified atom stereocenters. The Bertz CT molecular complexity index is 1160. The van der Waals surface area contributed by atoms with Crippen molar-refractivity contribution < 1.29 is 22.7 Å². The quantitative estimate of drug-likeness (QED) is 0.599. The van der Waals surface area contributed by atoms with E-state index in [2.05, 4.69) is 19.4 Å². The number of benzene rings is 1. The summed E-state index contributed by atoms with van der Waals surface area (Å²) in [6.07, 6.45) is 0. The first-order valence-electron chi connectivity index (χ1n) is 9.57. The van der Waals surface area contributed by atoms with E-state index in [1.54, 1.807) is 20.2 Å². The summed E-state index contributed by atoms with van der Waals surface area (Å²) in [5, 5.41) is 16.4. The van der Waals surface area contributed by atoms with Gasteiger partial charge in [-0.2, -0.15) is 8.42 Å². The zero-order valence-corrected chi connectivity index (χ0v) is 18.7. The minimum absolute atomic E-state index is 0.0171. The average molecular weight is 448 g/mol. The number of para-hydroxylation sites is 1. The zero-order valence-electron chi connectivity index (χ0n) is 17.9. The summed E-state index contributed by atoms with van der Waals surface area (Å²) < 4.78 is 37.2. The van der Waals surface area contributed by atoms with E-state index in [9.17, 15) is 18.3 Å². The van der Waals surface area contributed by atoms with Gasteiger partial charge >= 0.3 is 10.2 Å². The Hall–Kier alpha value is -3.34. The van der Waals surface area contributed by atoms with Crippen molar-refractivity contribution in [3.63, 3.8) is 0 Å². The summed E-state index contributed by atoms with van der Waals surface area (Å²) in [7, 11) is -0.978. The molecule has 0 saturated heterocycles. The van der Waals surface area contributed by atoms with Gasteiger partial charge in [-0.25, -0.2) is 0 Å². The number of hydrogen-bond donors (Lipinski definition) is 3. The van der Waals surface area contributed by atoms with Crippen molar-refractivity contribution in [2.24, 2.45) is 14.7 Å². The second-order valence-electron chi connectivity index (χ2n) is 7.67. The number of furan rings is 1. The topological polar surface area (TPSA) is 137 Å². The van der Waals surface area contributed by atoms with Gasteiger partial charge in [-0.1, -0.05) is 19.9 Å². The number of anilines is 1. The molecule has 0 spiro atoms. The number of amides is 1. The van der Waals surface area contributed by atoms with Gasteiger partial charge in [-0.3, -0.25) is 4.79 Å². The smallest absolute Gasteiger partial charge is 0.367 e. The third-order valence-electron chi connectivity index (χ3n) is 4.59. The van der Waals surface area contributed by atoms with Crippen molar-refractivity contribution in [3.8, 4) is 5.75 Å². The molecular weight excluding hydrogens is 422 g/mol. The number of hydrogen-bond acceptors (Lipinski definition) is 7. The number of phenols is 1. The van der Waals surface area contributed by atoms with Crippen molar-refractivity contribution in [2.45, 2.75) is 26.8 Å². The molecule has 3 rings (SSSR count). The van der Waals surface area contributed by atoms with Crippen LogP contribution >= 0.6 is 0 Å². The molecule has 11 heteroatoms. The third-order valence-corrected chi connectivity index (χ3v) is 5.42. The maximum Gasteiger partial charge on any atom is 0.367 e. The minimum atomic E-state index is -4.10. The van der Waals surface area contributed by atoms with Crippen LogP contribution in [0.15, 0.2) is 43.5 Å². The van der Waals surface area contributed by atoms with Crippen LogP contribution in [-0.2, 0) is 10.2 Å². The molecule has 2 aromatic rings. The molecule has 1 aromatic heterocycles. The van der Waals surface area contributed by atoms with Crippen LogP contribution in [0.3, 0.4) is 0 Å². The molecule has 3 N–H and O–H groups in total. The summed E-state index contributed by atoms with van der Waals surface area (Å²) >= 11 is 0. The third kappa shape index (κ3) is 4.88. The number of rotatable bonds is 5. The number of amidine groups is 2. The highest BCUT2D eigenvalue weighted by Gasteiger charge is 2.30. The Morgan fingerprint density at radius 3 is 2.39 bits per heavy atom. The number of carbonyl (C=O) groups is 1. The number of aromatic hydroxyl groups is 1. The van der Waals surface area contributed by atoms with Crippen LogP contribution in [0.5, 0.6) is 5.75 Å². The Balaban J connectivity index is 1.92. The van der Waals surface area contributed by atoms with Crippen molar-refractivity contribution >= 4 is 33.5 Å². The summed E-state index contributed by atoms with van der Waals surface area (Å²) in [5.41, 5.74) is 0.182. The number of carbonyl (C=O) groups excluding carboxylic acids is 1. The first-order chi connectivity index (χ1) is 14.5. The Kier molecular flexibility index (Phi) is 6.07. The van der Waals surface area contributed by atoms with Gasteiger partial charge in [-0.05, 0) is 37.1 Å². The van der Waals surface area contributed by atoms with Gasteiger partial charge in [0.1, 0.15) is 11.5 Å². The van der Waals surface area contributed by atoms with E-state index >= 15 is 0 Å². The van der Waals surface area contributed by atoms with Gasteiger partial charge in [0.2, 0.25) is 0 Å². The molecule has 1 aromatic carbocycles. The largest absolute Gasteiger partial charge is 0.505 e. The number of aryl methyl sites for hydroxylation is 1. The van der Waals surface area contributed by atoms with E-state index in [1.165, 1.54) is 17.0 Å². The van der Waals surface area contributed by atoms with Gasteiger partial charge in [0.25, 0.3) is 5.91 Å². The van der Waals surface area contributed by atoms with Crippen LogP contribution in [0.25, 0.3) is 0 Å². The molecular formula is C20H25N5O5S. The highest BCUT2D eigenvalue weighted by atomic mass is 32.2. The summed E-state index contributed by atoms with van der Waals surface area (Å²) in [6.45, 7) is 5.72. The van der Waals surface area contributed by atoms with E-state index in [4.69, 9.17) is 4.42 Å². The lowest BCUT2D eigenvalue weighted by Gasteiger charge is -2.22. The van der Waals surface area contributed by atoms with Crippen molar-refractivity contribution in [3.05, 3.63) is 47.4 Å². The maximum atomic E-state index is 12.3. The second kappa shape index (κ2) is 8.42. The van der Waals surface area contributed by atoms with Gasteiger partial charge in [0, 0.05) is 14.1 Å². The summed E-state index contributed by atoms with van der Waals surface area (Å²) in [5.74, 6) is 0.544. The van der Waals surface area contributed by atoms with Gasteiger partial charge in [0.05, 0.1) is 17.3 Å². The lowest BCUT2D eigenvalue weighted by molar-refractivity contribution is 0.0824. The lowest BCUT2D eigenvalue weighted by Crippen LogP contribution is -2.38. The normalized spacial score (nSPS) is 15.9. The fourth-order valence-electron chi connectivity index (χ4n) is 3.03. The van der Waals surface area contributed by atoms with Crippen molar-refractivity contribution in [1.82, 2.24) is 10.2 Å². The molecule has 1 amide bonds. The van der Waals surface area contributed by atoms with Crippen LogP contribution in [-0.4, -0.2) is 50.1 Å². The van der Waals surface area contributed by atoms with E-state index in [-0.39, 0.29) is 40.6 Å². The predicted octanol–water partition coefficient (Wildman–Crippen LogP) is 2.45.